The molecule has 0 bridgehead atoms. The van der Waals surface area contributed by atoms with Crippen LogP contribution >= 0.6 is 11.6 Å². The Bertz CT molecular complexity index is 706. The molecule has 120 valence electrons. The molecule has 10 heteroatoms. The zero-order valence-corrected chi connectivity index (χ0v) is 13.5. The number of ether oxygens (including phenoxy) is 1. The molecule has 2 rings (SSSR count). The normalized spacial score (nSPS) is 18.0. The summed E-state index contributed by atoms with van der Waals surface area (Å²) < 4.78 is 32.2. The molecule has 0 radical (unpaired) electrons. The maximum atomic E-state index is 12.0. The Morgan fingerprint density at radius 3 is 2.86 bits per heavy atom. The van der Waals surface area contributed by atoms with Gasteiger partial charge in [-0.05, 0) is 19.1 Å². The number of carbonyl (C=O) groups excluding carboxylic acids is 1. The first-order chi connectivity index (χ1) is 10.3. The average molecular weight is 348 g/mol. The predicted octanol–water partition coefficient (Wildman–Crippen LogP) is 1.17. The van der Waals surface area contributed by atoms with Gasteiger partial charge in [0.25, 0.3) is 0 Å². The number of hydrazone groups is 1. The van der Waals surface area contributed by atoms with Crippen LogP contribution in [0.1, 0.15) is 13.3 Å². The van der Waals surface area contributed by atoms with Crippen LogP contribution in [-0.2, 0) is 23.8 Å². The van der Waals surface area contributed by atoms with Crippen LogP contribution in [-0.4, -0.2) is 44.2 Å². The van der Waals surface area contributed by atoms with Gasteiger partial charge >= 0.3 is 16.1 Å². The van der Waals surface area contributed by atoms with Crippen LogP contribution in [0.5, 0.6) is 0 Å². The van der Waals surface area contributed by atoms with Crippen molar-refractivity contribution in [2.24, 2.45) is 5.10 Å². The summed E-state index contributed by atoms with van der Waals surface area (Å²) in [5, 5.41) is 5.46. The molecule has 0 aliphatic carbocycles. The first-order valence-corrected chi connectivity index (χ1v) is 8.54. The molecule has 1 aromatic rings. The minimum absolute atomic E-state index is 0.0567. The zero-order chi connectivity index (χ0) is 16.3. The van der Waals surface area contributed by atoms with E-state index in [4.69, 9.17) is 20.5 Å². The third-order valence-electron chi connectivity index (χ3n) is 2.64. The number of hydrogen-bond acceptors (Lipinski definition) is 8. The predicted molar refractivity (Wildman–Crippen MR) is 80.1 cm³/mol. The van der Waals surface area contributed by atoms with E-state index >= 15 is 0 Å². The van der Waals surface area contributed by atoms with E-state index in [2.05, 4.69) is 10.1 Å². The topological polar surface area (TPSA) is 98.2 Å². The van der Waals surface area contributed by atoms with Crippen LogP contribution in [0.3, 0.4) is 0 Å². The summed E-state index contributed by atoms with van der Waals surface area (Å²) in [5.74, 6) is -0.475. The lowest BCUT2D eigenvalue weighted by Gasteiger charge is -2.20. The van der Waals surface area contributed by atoms with Crippen molar-refractivity contribution < 1.29 is 22.1 Å². The van der Waals surface area contributed by atoms with Crippen molar-refractivity contribution in [1.82, 2.24) is 4.98 Å². The van der Waals surface area contributed by atoms with Gasteiger partial charge in [0.15, 0.2) is 11.9 Å². The fraction of sp³-hybridized carbons (Fsp3) is 0.417. The molecular formula is C12H14ClN3O5S. The lowest BCUT2D eigenvalue weighted by atomic mass is 10.2. The molecule has 1 aliphatic heterocycles. The largest absolute Gasteiger partial charge is 0.464 e. The number of aromatic nitrogens is 1. The maximum absolute atomic E-state index is 12.0. The van der Waals surface area contributed by atoms with Gasteiger partial charge in [0.2, 0.25) is 5.90 Å². The Hall–Kier alpha value is -1.87. The van der Waals surface area contributed by atoms with Crippen molar-refractivity contribution in [2.45, 2.75) is 19.4 Å². The molecule has 1 atom stereocenters. The minimum Gasteiger partial charge on any atom is -0.464 e. The van der Waals surface area contributed by atoms with Crippen molar-refractivity contribution >= 4 is 39.4 Å². The fourth-order valence-corrected chi connectivity index (χ4v) is 2.53. The Labute approximate surface area is 132 Å². The van der Waals surface area contributed by atoms with Crippen LogP contribution in [0.2, 0.25) is 5.02 Å². The summed E-state index contributed by atoms with van der Waals surface area (Å²) in [6.07, 6.45) is 2.32. The van der Waals surface area contributed by atoms with Gasteiger partial charge in [-0.3, -0.25) is 0 Å². The van der Waals surface area contributed by atoms with Crippen LogP contribution in [0.25, 0.3) is 0 Å². The van der Waals surface area contributed by atoms with Crippen LogP contribution in [0, 0.1) is 0 Å². The van der Waals surface area contributed by atoms with E-state index in [1.54, 1.807) is 19.1 Å². The molecule has 0 amide bonds. The number of rotatable bonds is 4. The van der Waals surface area contributed by atoms with Gasteiger partial charge in [-0.25, -0.2) is 14.8 Å². The summed E-state index contributed by atoms with van der Waals surface area (Å²) in [6, 6.07) is 2.32. The molecule has 0 saturated carbocycles. The zero-order valence-electron chi connectivity index (χ0n) is 11.9. The number of carbonyl (C=O) groups is 1. The molecule has 1 unspecified atom stereocenters. The third kappa shape index (κ3) is 3.86. The molecular weight excluding hydrogens is 334 g/mol. The van der Waals surface area contributed by atoms with E-state index < -0.39 is 22.1 Å². The number of anilines is 1. The molecule has 0 N–H and O–H groups in total. The van der Waals surface area contributed by atoms with Gasteiger partial charge in [-0.15, -0.1) is 5.10 Å². The summed E-state index contributed by atoms with van der Waals surface area (Å²) in [4.78, 5) is 16.1. The highest BCUT2D eigenvalue weighted by atomic mass is 35.5. The summed E-state index contributed by atoms with van der Waals surface area (Å²) >= 11 is 6.05. The van der Waals surface area contributed by atoms with Gasteiger partial charge in [-0.2, -0.15) is 8.42 Å². The van der Waals surface area contributed by atoms with E-state index in [1.807, 2.05) is 0 Å². The van der Waals surface area contributed by atoms with Crippen LogP contribution in [0.15, 0.2) is 23.4 Å². The third-order valence-corrected chi connectivity index (χ3v) is 3.43. The number of hydrogen-bond donors (Lipinski definition) is 0. The Morgan fingerprint density at radius 1 is 1.55 bits per heavy atom. The second-order valence-corrected chi connectivity index (χ2v) is 6.39. The minimum atomic E-state index is -3.75. The summed E-state index contributed by atoms with van der Waals surface area (Å²) in [6.45, 7) is 1.85. The molecule has 22 heavy (non-hydrogen) atoms. The Kier molecular flexibility index (Phi) is 4.87. The van der Waals surface area contributed by atoms with E-state index in [1.165, 1.54) is 11.2 Å². The highest BCUT2D eigenvalue weighted by Crippen LogP contribution is 2.30. The van der Waals surface area contributed by atoms with Crippen LogP contribution in [0.4, 0.5) is 5.82 Å². The smallest absolute Gasteiger partial charge is 0.331 e. The van der Waals surface area contributed by atoms with Gasteiger partial charge in [0.1, 0.15) is 0 Å². The highest BCUT2D eigenvalue weighted by molar-refractivity contribution is 7.86. The quantitative estimate of drug-likeness (QED) is 0.595. The van der Waals surface area contributed by atoms with E-state index in [0.29, 0.717) is 0 Å². The Balaban J connectivity index is 2.35. The van der Waals surface area contributed by atoms with E-state index in [9.17, 15) is 13.2 Å². The maximum Gasteiger partial charge on any atom is 0.331 e. The van der Waals surface area contributed by atoms with Crippen molar-refractivity contribution in [3.05, 3.63) is 23.4 Å². The standard InChI is InChI=1S/C12H14ClN3O5S/c1-3-20-12(17)9-7-10(21-22(2,18)19)15-16(9)11-8(13)5-4-6-14-11/h4-6,9H,3,7H2,1-2H3. The van der Waals surface area contributed by atoms with E-state index in [0.717, 1.165) is 6.26 Å². The lowest BCUT2D eigenvalue weighted by Crippen LogP contribution is -2.36. The molecule has 0 aromatic carbocycles. The van der Waals surface area contributed by atoms with Gasteiger partial charge in [0, 0.05) is 6.20 Å². The van der Waals surface area contributed by atoms with Crippen molar-refractivity contribution in [1.29, 1.82) is 0 Å². The molecule has 8 nitrogen and oxygen atoms in total. The molecule has 0 spiro atoms. The Morgan fingerprint density at radius 2 is 2.27 bits per heavy atom. The van der Waals surface area contributed by atoms with Crippen molar-refractivity contribution in [3.8, 4) is 0 Å². The number of nitrogens with zero attached hydrogens (tertiary/aromatic N) is 3. The number of esters is 1. The van der Waals surface area contributed by atoms with Gasteiger partial charge in [-0.1, -0.05) is 11.6 Å². The molecule has 2 heterocycles. The van der Waals surface area contributed by atoms with Crippen molar-refractivity contribution in [3.63, 3.8) is 0 Å². The average Bonchev–Trinajstić information content (AvgIpc) is 2.81. The molecule has 0 fully saturated rings. The molecule has 1 aliphatic rings. The molecule has 0 saturated heterocycles. The number of halogens is 1. The summed E-state index contributed by atoms with van der Waals surface area (Å²) in [5.41, 5.74) is 0. The summed E-state index contributed by atoms with van der Waals surface area (Å²) in [7, 11) is -3.75. The van der Waals surface area contributed by atoms with Gasteiger partial charge < -0.3 is 8.92 Å². The number of pyridine rings is 1. The SMILES string of the molecule is CCOC(=O)C1CC(OS(C)(=O)=O)=NN1c1ncccc1Cl. The molecule has 1 aromatic heterocycles. The monoisotopic (exact) mass is 347 g/mol. The highest BCUT2D eigenvalue weighted by Gasteiger charge is 2.38. The first kappa shape index (κ1) is 16.5. The fourth-order valence-electron chi connectivity index (χ4n) is 1.87. The van der Waals surface area contributed by atoms with Crippen molar-refractivity contribution in [2.75, 3.05) is 17.9 Å². The lowest BCUT2D eigenvalue weighted by molar-refractivity contribution is -0.144. The van der Waals surface area contributed by atoms with Gasteiger partial charge in [0.05, 0.1) is 24.3 Å². The second kappa shape index (κ2) is 6.49. The van der Waals surface area contributed by atoms with Crippen LogP contribution < -0.4 is 5.01 Å². The first-order valence-electron chi connectivity index (χ1n) is 6.35. The van der Waals surface area contributed by atoms with E-state index in [-0.39, 0.29) is 29.8 Å². The second-order valence-electron chi connectivity index (χ2n) is 4.41.